The van der Waals surface area contributed by atoms with Gasteiger partial charge in [-0.15, -0.1) is 0 Å². The van der Waals surface area contributed by atoms with E-state index in [-0.39, 0.29) is 23.2 Å². The summed E-state index contributed by atoms with van der Waals surface area (Å²) in [4.78, 5) is 0. The predicted molar refractivity (Wildman–Crippen MR) is 51.1 cm³/mol. The van der Waals surface area contributed by atoms with E-state index < -0.39 is 14.9 Å². The lowest BCUT2D eigenvalue weighted by atomic mass is 9.87. The van der Waals surface area contributed by atoms with Gasteiger partial charge in [0.15, 0.2) is 4.75 Å². The fraction of sp³-hybridized carbons (Fsp3) is 0.875. The minimum absolute atomic E-state index is 0.0150. The highest BCUT2D eigenvalue weighted by Crippen LogP contribution is 2.61. The summed E-state index contributed by atoms with van der Waals surface area (Å²) in [6.45, 7) is 0. The maximum Gasteiger partial charge on any atom is 0.287 e. The number of fused-ring (bicyclic) bond motifs is 1. The van der Waals surface area contributed by atoms with Crippen LogP contribution >= 0.6 is 12.6 Å². The first kappa shape index (κ1) is 9.01. The van der Waals surface area contributed by atoms with Crippen molar-refractivity contribution >= 4 is 22.7 Å². The molecule has 0 aromatic carbocycles. The first-order chi connectivity index (χ1) is 6.52. The van der Waals surface area contributed by atoms with Crippen molar-refractivity contribution in [3.05, 3.63) is 0 Å². The minimum Gasteiger partial charge on any atom is -0.264 e. The molecule has 14 heavy (non-hydrogen) atoms. The maximum atomic E-state index is 11.7. The van der Waals surface area contributed by atoms with Crippen molar-refractivity contribution in [3.8, 4) is 6.07 Å². The first-order valence-electron chi connectivity index (χ1n) is 4.54. The number of hydrogen-bond acceptors (Lipinski definition) is 5. The van der Waals surface area contributed by atoms with Crippen molar-refractivity contribution in [3.63, 3.8) is 0 Å². The van der Waals surface area contributed by atoms with Crippen molar-refractivity contribution in [1.82, 2.24) is 0 Å². The molecular weight excluding hydrogens is 222 g/mol. The predicted octanol–water partition coefficient (Wildman–Crippen LogP) is 0.316. The number of nitriles is 1. The van der Waals surface area contributed by atoms with Gasteiger partial charge in [-0.1, -0.05) is 0 Å². The molecule has 0 N–H and O–H groups in total. The average molecular weight is 231 g/mol. The summed E-state index contributed by atoms with van der Waals surface area (Å²) in [5.41, 5.74) is 0. The monoisotopic (exact) mass is 231 g/mol. The van der Waals surface area contributed by atoms with Gasteiger partial charge >= 0.3 is 0 Å². The number of nitrogens with zero attached hydrogens (tertiary/aromatic N) is 1. The molecule has 0 aromatic heterocycles. The second-order valence-corrected chi connectivity index (χ2v) is 6.74. The molecule has 3 rings (SSSR count). The van der Waals surface area contributed by atoms with E-state index in [2.05, 4.69) is 12.6 Å². The average Bonchev–Trinajstić information content (AvgIpc) is 2.67. The molecule has 5 atom stereocenters. The van der Waals surface area contributed by atoms with Gasteiger partial charge in [0.1, 0.15) is 0 Å². The summed E-state index contributed by atoms with van der Waals surface area (Å²) in [6.07, 6.45) is 0.814. The van der Waals surface area contributed by atoms with Gasteiger partial charge in [-0.25, -0.2) is 0 Å². The zero-order chi connectivity index (χ0) is 10.1. The Bertz CT molecular complexity index is 440. The molecule has 3 fully saturated rings. The lowest BCUT2D eigenvalue weighted by molar-refractivity contribution is 0.196. The molecule has 1 aliphatic heterocycles. The standard InChI is InChI=1S/C8H9NO3S2/c9-3-8-2-4-1-5(8)6(7(4)13)12-14(8,10)11/h4-7,13H,1-2H2. The molecule has 1 heterocycles. The van der Waals surface area contributed by atoms with Crippen LogP contribution in [0.4, 0.5) is 0 Å². The third-order valence-electron chi connectivity index (χ3n) is 3.81. The summed E-state index contributed by atoms with van der Waals surface area (Å²) in [5, 5.41) is 9.04. The zero-order valence-electron chi connectivity index (χ0n) is 7.25. The van der Waals surface area contributed by atoms with Crippen LogP contribution in [0, 0.1) is 23.2 Å². The highest BCUT2D eigenvalue weighted by molar-refractivity contribution is 7.89. The molecule has 1 saturated heterocycles. The van der Waals surface area contributed by atoms with Crippen molar-refractivity contribution in [2.45, 2.75) is 28.9 Å². The van der Waals surface area contributed by atoms with Crippen molar-refractivity contribution in [2.24, 2.45) is 11.8 Å². The van der Waals surface area contributed by atoms with Gasteiger partial charge in [0.2, 0.25) is 0 Å². The van der Waals surface area contributed by atoms with Gasteiger partial charge in [0, 0.05) is 11.2 Å². The topological polar surface area (TPSA) is 67.2 Å². The van der Waals surface area contributed by atoms with Crippen LogP contribution < -0.4 is 0 Å². The van der Waals surface area contributed by atoms with Gasteiger partial charge < -0.3 is 0 Å². The van der Waals surface area contributed by atoms with Crippen LogP contribution in [0.1, 0.15) is 12.8 Å². The Hall–Kier alpha value is -0.250. The van der Waals surface area contributed by atoms with E-state index in [4.69, 9.17) is 9.44 Å². The molecule has 6 heteroatoms. The van der Waals surface area contributed by atoms with Crippen LogP contribution in [0.15, 0.2) is 0 Å². The van der Waals surface area contributed by atoms with Crippen molar-refractivity contribution in [2.75, 3.05) is 0 Å². The quantitative estimate of drug-likeness (QED) is 0.481. The van der Waals surface area contributed by atoms with Crippen LogP contribution in [0.2, 0.25) is 0 Å². The normalized spacial score (nSPS) is 57.4. The van der Waals surface area contributed by atoms with Gasteiger partial charge in [0.05, 0.1) is 12.2 Å². The van der Waals surface area contributed by atoms with Crippen LogP contribution in [-0.4, -0.2) is 24.5 Å². The molecular formula is C8H9NO3S2. The zero-order valence-corrected chi connectivity index (χ0v) is 8.96. The van der Waals surface area contributed by atoms with Crippen molar-refractivity contribution < 1.29 is 12.6 Å². The van der Waals surface area contributed by atoms with E-state index in [0.717, 1.165) is 6.42 Å². The Morgan fingerprint density at radius 3 is 2.86 bits per heavy atom. The Kier molecular flexibility index (Phi) is 1.47. The van der Waals surface area contributed by atoms with Gasteiger partial charge in [-0.3, -0.25) is 4.18 Å². The Morgan fingerprint density at radius 2 is 2.29 bits per heavy atom. The van der Waals surface area contributed by atoms with Crippen LogP contribution in [0.5, 0.6) is 0 Å². The van der Waals surface area contributed by atoms with Crippen LogP contribution in [0.25, 0.3) is 0 Å². The Labute approximate surface area is 87.8 Å². The molecule has 2 bridgehead atoms. The number of hydrogen-bond donors (Lipinski definition) is 1. The molecule has 5 unspecified atom stereocenters. The SMILES string of the molecule is N#CC12CC3CC1C(OS2(=O)=O)C3S. The molecule has 0 amide bonds. The third-order valence-corrected chi connectivity index (χ3v) is 6.45. The van der Waals surface area contributed by atoms with E-state index in [1.54, 1.807) is 0 Å². The van der Waals surface area contributed by atoms with Gasteiger partial charge in [0.25, 0.3) is 10.1 Å². The van der Waals surface area contributed by atoms with Gasteiger partial charge in [-0.05, 0) is 18.8 Å². The lowest BCUT2D eigenvalue weighted by Gasteiger charge is -2.24. The molecule has 0 spiro atoms. The van der Waals surface area contributed by atoms with E-state index >= 15 is 0 Å². The molecule has 2 aliphatic carbocycles. The minimum atomic E-state index is -3.69. The summed E-state index contributed by atoms with van der Waals surface area (Å²) in [7, 11) is -3.69. The molecule has 4 nitrogen and oxygen atoms in total. The van der Waals surface area contributed by atoms with E-state index in [1.165, 1.54) is 0 Å². The fourth-order valence-electron chi connectivity index (χ4n) is 3.13. The maximum absolute atomic E-state index is 11.7. The fourth-order valence-corrected chi connectivity index (χ4v) is 5.56. The summed E-state index contributed by atoms with van der Waals surface area (Å²) < 4.78 is 27.2. The summed E-state index contributed by atoms with van der Waals surface area (Å²) in [6, 6.07) is 1.96. The highest BCUT2D eigenvalue weighted by atomic mass is 32.2. The molecule has 3 aliphatic rings. The Balaban J connectivity index is 2.22. The third kappa shape index (κ3) is 0.709. The Morgan fingerprint density at radius 1 is 1.57 bits per heavy atom. The molecule has 76 valence electrons. The number of thiol groups is 1. The second kappa shape index (κ2) is 2.29. The molecule has 0 radical (unpaired) electrons. The molecule has 2 saturated carbocycles. The van der Waals surface area contributed by atoms with Crippen LogP contribution in [0.3, 0.4) is 0 Å². The van der Waals surface area contributed by atoms with E-state index in [1.807, 2.05) is 6.07 Å². The highest BCUT2D eigenvalue weighted by Gasteiger charge is 2.72. The summed E-state index contributed by atoms with van der Waals surface area (Å²) in [5.74, 6) is 0.0789. The largest absolute Gasteiger partial charge is 0.287 e. The van der Waals surface area contributed by atoms with E-state index in [0.29, 0.717) is 6.42 Å². The molecule has 0 aromatic rings. The number of rotatable bonds is 0. The van der Waals surface area contributed by atoms with Gasteiger partial charge in [-0.2, -0.15) is 26.3 Å². The lowest BCUT2D eigenvalue weighted by Crippen LogP contribution is -2.40. The van der Waals surface area contributed by atoms with Crippen molar-refractivity contribution in [1.29, 1.82) is 5.26 Å². The summed E-state index contributed by atoms with van der Waals surface area (Å²) >= 11 is 4.35. The van der Waals surface area contributed by atoms with E-state index in [9.17, 15) is 8.42 Å². The first-order valence-corrected chi connectivity index (χ1v) is 6.46. The second-order valence-electron chi connectivity index (χ2n) is 4.31. The smallest absolute Gasteiger partial charge is 0.264 e. The van der Waals surface area contributed by atoms with Crippen LogP contribution in [-0.2, 0) is 14.3 Å².